The van der Waals surface area contributed by atoms with Gasteiger partial charge in [-0.3, -0.25) is 9.69 Å². The van der Waals surface area contributed by atoms with Crippen LogP contribution < -0.4 is 5.73 Å². The van der Waals surface area contributed by atoms with Crippen LogP contribution in [0.3, 0.4) is 0 Å². The fraction of sp³-hybridized carbons (Fsp3) is 0.591. The Bertz CT molecular complexity index is 699. The first-order valence-corrected chi connectivity index (χ1v) is 10.1. The summed E-state index contributed by atoms with van der Waals surface area (Å²) >= 11 is 0. The maximum atomic E-state index is 12.5. The Balaban J connectivity index is 0.000000321. The highest BCUT2D eigenvalue weighted by Crippen LogP contribution is 2.33. The van der Waals surface area contributed by atoms with E-state index in [0.29, 0.717) is 37.0 Å². The Morgan fingerprint density at radius 2 is 1.90 bits per heavy atom. The average Bonchev–Trinajstić information content (AvgIpc) is 3.01. The van der Waals surface area contributed by atoms with Crippen molar-refractivity contribution in [2.24, 2.45) is 17.6 Å². The molecule has 0 amide bonds. The molecule has 29 heavy (non-hydrogen) atoms. The summed E-state index contributed by atoms with van der Waals surface area (Å²) in [6.07, 6.45) is -0.277. The topological polar surface area (TPSA) is 66.6 Å². The van der Waals surface area contributed by atoms with Crippen molar-refractivity contribution in [2.45, 2.75) is 51.9 Å². The summed E-state index contributed by atoms with van der Waals surface area (Å²) in [5, 5.41) is 8.41. The molecular weight excluding hydrogens is 381 g/mol. The zero-order valence-corrected chi connectivity index (χ0v) is 17.1. The summed E-state index contributed by atoms with van der Waals surface area (Å²) in [7, 11) is 0. The molecule has 1 aliphatic carbocycles. The second kappa shape index (κ2) is 10.4. The zero-order chi connectivity index (χ0) is 21.6. The highest BCUT2D eigenvalue weighted by atomic mass is 19.4. The Morgan fingerprint density at radius 3 is 2.41 bits per heavy atom. The van der Waals surface area contributed by atoms with E-state index in [1.54, 1.807) is 0 Å². The van der Waals surface area contributed by atoms with E-state index in [2.05, 4.69) is 24.8 Å². The Morgan fingerprint density at radius 1 is 1.24 bits per heavy atom. The third-order valence-corrected chi connectivity index (χ3v) is 5.50. The van der Waals surface area contributed by atoms with Gasteiger partial charge in [-0.1, -0.05) is 37.6 Å². The zero-order valence-electron chi connectivity index (χ0n) is 17.1. The third-order valence-electron chi connectivity index (χ3n) is 5.50. The van der Waals surface area contributed by atoms with Crippen LogP contribution in [0.4, 0.5) is 13.2 Å². The van der Waals surface area contributed by atoms with Crippen LogP contribution in [0.5, 0.6) is 0 Å². The minimum atomic E-state index is -4.29. The summed E-state index contributed by atoms with van der Waals surface area (Å²) < 4.78 is 37.5. The largest absolute Gasteiger partial charge is 0.416 e. The molecule has 1 fully saturated rings. The number of halogens is 3. The molecule has 3 N–H and O–H groups in total. The Labute approximate surface area is 170 Å². The second-order valence-electron chi connectivity index (χ2n) is 8.20. The minimum Gasteiger partial charge on any atom is -0.396 e. The molecule has 162 valence electrons. The summed E-state index contributed by atoms with van der Waals surface area (Å²) in [6, 6.07) is 5.48. The molecule has 0 saturated heterocycles. The molecule has 2 aliphatic rings. The normalized spacial score (nSPS) is 20.8. The predicted molar refractivity (Wildman–Crippen MR) is 107 cm³/mol. The molecule has 7 heteroatoms. The van der Waals surface area contributed by atoms with Gasteiger partial charge in [-0.05, 0) is 36.0 Å². The van der Waals surface area contributed by atoms with E-state index in [-0.39, 0.29) is 12.6 Å². The molecule has 0 radical (unpaired) electrons. The molecule has 1 aliphatic heterocycles. The number of fused-ring (bicyclic) bond motifs is 1. The van der Waals surface area contributed by atoms with Crippen LogP contribution in [-0.2, 0) is 17.5 Å². The van der Waals surface area contributed by atoms with Crippen LogP contribution in [0, 0.1) is 11.8 Å². The molecule has 0 unspecified atom stereocenters. The van der Waals surface area contributed by atoms with E-state index in [9.17, 15) is 18.0 Å². The van der Waals surface area contributed by atoms with Crippen LogP contribution >= 0.6 is 0 Å². The number of nitrogens with two attached hydrogens (primary N) is 1. The number of rotatable bonds is 5. The van der Waals surface area contributed by atoms with E-state index in [4.69, 9.17) is 10.8 Å². The molecule has 2 atom stereocenters. The maximum absolute atomic E-state index is 12.5. The quantitative estimate of drug-likeness (QED) is 0.723. The van der Waals surface area contributed by atoms with Gasteiger partial charge in [-0.25, -0.2) is 0 Å². The molecule has 0 spiro atoms. The molecule has 1 aromatic carbocycles. The van der Waals surface area contributed by atoms with Crippen molar-refractivity contribution in [1.29, 1.82) is 0 Å². The fourth-order valence-electron chi connectivity index (χ4n) is 3.57. The number of ketones is 1. The Hall–Kier alpha value is -1.70. The number of hydrogen-bond acceptors (Lipinski definition) is 4. The van der Waals surface area contributed by atoms with Crippen molar-refractivity contribution in [3.63, 3.8) is 0 Å². The van der Waals surface area contributed by atoms with Gasteiger partial charge in [0, 0.05) is 45.1 Å². The number of aliphatic hydroxyl groups excluding tert-OH is 1. The fourth-order valence-corrected chi connectivity index (χ4v) is 3.57. The standard InChI is InChI=1S/C16H16F3NO.C6H15NO/c17-16(18,19)14-3-1-11(2-4-14)9-20-6-5-12-7-15(21)8-13(12)10-20;1-5(2)6(7)3-4-8/h1-5,13H,6-10H2;5-6,8H,3-4,7H2,1-2H3/t13-;6-/m11/s1. The second-order valence-corrected chi connectivity index (χ2v) is 8.20. The van der Waals surface area contributed by atoms with Gasteiger partial charge in [0.2, 0.25) is 0 Å². The van der Waals surface area contributed by atoms with E-state index >= 15 is 0 Å². The lowest BCUT2D eigenvalue weighted by atomic mass is 9.98. The van der Waals surface area contributed by atoms with Gasteiger partial charge in [-0.15, -0.1) is 0 Å². The van der Waals surface area contributed by atoms with Crippen LogP contribution in [0.15, 0.2) is 35.9 Å². The van der Waals surface area contributed by atoms with Crippen molar-refractivity contribution >= 4 is 5.78 Å². The van der Waals surface area contributed by atoms with E-state index < -0.39 is 11.7 Å². The monoisotopic (exact) mass is 412 g/mol. The van der Waals surface area contributed by atoms with E-state index in [1.165, 1.54) is 17.7 Å². The number of carbonyl (C=O) groups is 1. The van der Waals surface area contributed by atoms with Gasteiger partial charge in [0.25, 0.3) is 0 Å². The van der Waals surface area contributed by atoms with Gasteiger partial charge in [-0.2, -0.15) is 13.2 Å². The minimum absolute atomic E-state index is 0.167. The summed E-state index contributed by atoms with van der Waals surface area (Å²) in [5.41, 5.74) is 7.05. The highest BCUT2D eigenvalue weighted by molar-refractivity contribution is 5.85. The van der Waals surface area contributed by atoms with Crippen LogP contribution in [0.1, 0.15) is 44.2 Å². The molecular formula is C22H31F3N2O2. The first-order chi connectivity index (χ1) is 13.6. The lowest BCUT2D eigenvalue weighted by molar-refractivity contribution is -0.137. The highest BCUT2D eigenvalue weighted by Gasteiger charge is 2.32. The number of Topliss-reactive ketones (excluding diaryl/α,β-unsaturated/α-hetero) is 1. The van der Waals surface area contributed by atoms with Gasteiger partial charge in [0.15, 0.2) is 0 Å². The lowest BCUT2D eigenvalue weighted by Gasteiger charge is -2.29. The number of carbonyl (C=O) groups excluding carboxylic acids is 1. The average molecular weight is 412 g/mol. The van der Waals surface area contributed by atoms with Crippen molar-refractivity contribution in [1.82, 2.24) is 4.90 Å². The van der Waals surface area contributed by atoms with Crippen LogP contribution in [-0.4, -0.2) is 41.5 Å². The van der Waals surface area contributed by atoms with Crippen molar-refractivity contribution < 1.29 is 23.1 Å². The first kappa shape index (κ1) is 23.6. The van der Waals surface area contributed by atoms with E-state index in [1.807, 2.05) is 0 Å². The summed E-state index contributed by atoms with van der Waals surface area (Å²) in [6.45, 7) is 6.52. The molecule has 1 aromatic rings. The Kier molecular flexibility index (Phi) is 8.43. The first-order valence-electron chi connectivity index (χ1n) is 10.1. The molecule has 3 rings (SSSR count). The van der Waals surface area contributed by atoms with Gasteiger partial charge in [0.05, 0.1) is 5.56 Å². The van der Waals surface area contributed by atoms with Crippen molar-refractivity contribution in [3.8, 4) is 0 Å². The number of nitrogens with zero attached hydrogens (tertiary/aromatic N) is 1. The molecule has 1 saturated carbocycles. The van der Waals surface area contributed by atoms with Crippen LogP contribution in [0.25, 0.3) is 0 Å². The summed E-state index contributed by atoms with van der Waals surface area (Å²) in [4.78, 5) is 13.6. The SMILES string of the molecule is CC(C)[C@H](N)CCO.O=C1CC2=CCN(Cc3ccc(C(F)(F)F)cc3)C[C@H]2C1. The molecule has 1 heterocycles. The molecule has 4 nitrogen and oxygen atoms in total. The van der Waals surface area contributed by atoms with Crippen LogP contribution in [0.2, 0.25) is 0 Å². The number of hydrogen-bond donors (Lipinski definition) is 2. The third kappa shape index (κ3) is 7.24. The smallest absolute Gasteiger partial charge is 0.396 e. The molecule has 0 aromatic heterocycles. The van der Waals surface area contributed by atoms with Gasteiger partial charge in [0.1, 0.15) is 5.78 Å². The summed E-state index contributed by atoms with van der Waals surface area (Å²) in [5.74, 6) is 1.09. The van der Waals surface area contributed by atoms with Gasteiger partial charge >= 0.3 is 6.18 Å². The molecule has 0 bridgehead atoms. The lowest BCUT2D eigenvalue weighted by Crippen LogP contribution is -2.32. The predicted octanol–water partition coefficient (Wildman–Crippen LogP) is 3.78. The van der Waals surface area contributed by atoms with Gasteiger partial charge < -0.3 is 10.8 Å². The van der Waals surface area contributed by atoms with E-state index in [0.717, 1.165) is 37.2 Å². The van der Waals surface area contributed by atoms with Crippen molar-refractivity contribution in [2.75, 3.05) is 19.7 Å². The van der Waals surface area contributed by atoms with Crippen molar-refractivity contribution in [3.05, 3.63) is 47.0 Å². The number of aliphatic hydroxyl groups is 1. The number of alkyl halides is 3. The maximum Gasteiger partial charge on any atom is 0.416 e. The number of benzene rings is 1.